The number of nitro benzene ring substituents is 1. The number of benzene rings is 1. The quantitative estimate of drug-likeness (QED) is 0.0606. The molecule has 244 valence electrons. The van der Waals surface area contributed by atoms with Gasteiger partial charge in [0.2, 0.25) is 0 Å². The molecule has 3 aromatic rings. The highest BCUT2D eigenvalue weighted by atomic mass is 31.3. The lowest BCUT2D eigenvalue weighted by atomic mass is 10.0. The molecule has 0 aliphatic carbocycles. The van der Waals surface area contributed by atoms with Crippen LogP contribution in [-0.2, 0) is 31.6 Å². The summed E-state index contributed by atoms with van der Waals surface area (Å²) in [5.41, 5.74) is 6.43. The van der Waals surface area contributed by atoms with Crippen LogP contribution in [0.1, 0.15) is 36.7 Å². The molecule has 0 radical (unpaired) electrons. The van der Waals surface area contributed by atoms with Gasteiger partial charge in [-0.15, -0.1) is 0 Å². The van der Waals surface area contributed by atoms with E-state index in [1.54, 1.807) is 19.1 Å². The fourth-order valence-corrected chi connectivity index (χ4v) is 7.29. The van der Waals surface area contributed by atoms with Gasteiger partial charge in [-0.2, -0.15) is 8.62 Å². The maximum Gasteiger partial charge on any atom is 0.490 e. The standard InChI is InChI=1S/C21H26N7O14P3/c1-12(14-5-4-13(3-2-6-22)7-15(14)28(30)31)26-20-19-21(24-10-23-20)27(11-25-19)18-8-16(29)17(40-18)9-39-44(35,36)42-45(37,38)41-43(32,33)34/h4-5,7,10-12,16-18,29H,6,8-9,22H2,1H3,(H,35,36)(H,37,38)(H,23,24,26)(H2,32,33,34)/t12-,16?,17+,18+/m0/s1. The molecule has 2 aromatic heterocycles. The highest BCUT2D eigenvalue weighted by Gasteiger charge is 2.43. The summed E-state index contributed by atoms with van der Waals surface area (Å²) in [6.45, 7) is 0.914. The SMILES string of the molecule is C[C@H](Nc1ncnc2c1ncn2[C@H]1CC(O)[C@@H](COP(=O)(O)OP(=O)(O)OP(=O)(O)O)O1)c1ccc(C#CCN)cc1[N+](=O)[O-]. The zero-order valence-electron chi connectivity index (χ0n) is 22.9. The number of anilines is 1. The number of aromatic nitrogens is 4. The number of hydrogen-bond acceptors (Lipinski definition) is 15. The summed E-state index contributed by atoms with van der Waals surface area (Å²) in [6.07, 6.45) is -1.08. The highest BCUT2D eigenvalue weighted by Crippen LogP contribution is 2.66. The Hall–Kier alpha value is -3.18. The van der Waals surface area contributed by atoms with Crippen molar-refractivity contribution < 1.29 is 61.2 Å². The third-order valence-electron chi connectivity index (χ3n) is 6.07. The lowest BCUT2D eigenvalue weighted by molar-refractivity contribution is -0.385. The van der Waals surface area contributed by atoms with Gasteiger partial charge < -0.3 is 40.5 Å². The van der Waals surface area contributed by atoms with Gasteiger partial charge in [-0.05, 0) is 19.1 Å². The molecule has 45 heavy (non-hydrogen) atoms. The van der Waals surface area contributed by atoms with Crippen LogP contribution in [0.15, 0.2) is 30.9 Å². The number of ether oxygens (including phenoxy) is 1. The van der Waals surface area contributed by atoms with E-state index in [0.717, 1.165) is 0 Å². The van der Waals surface area contributed by atoms with Crippen LogP contribution < -0.4 is 11.1 Å². The number of fused-ring (bicyclic) bond motifs is 1. The van der Waals surface area contributed by atoms with Gasteiger partial charge in [-0.3, -0.25) is 19.2 Å². The van der Waals surface area contributed by atoms with E-state index in [-0.39, 0.29) is 35.6 Å². The average molecular weight is 693 g/mol. The molecule has 1 aromatic carbocycles. The number of imidazole rings is 1. The summed E-state index contributed by atoms with van der Waals surface area (Å²) in [5.74, 6) is 5.61. The van der Waals surface area contributed by atoms with Crippen LogP contribution in [0.25, 0.3) is 11.2 Å². The fraction of sp³-hybridized carbons (Fsp3) is 0.381. The summed E-state index contributed by atoms with van der Waals surface area (Å²) in [4.78, 5) is 60.1. The van der Waals surface area contributed by atoms with Gasteiger partial charge in [-0.1, -0.05) is 11.8 Å². The first-order valence-corrected chi connectivity index (χ1v) is 17.0. The average Bonchev–Trinajstić information content (AvgIpc) is 3.52. The van der Waals surface area contributed by atoms with E-state index in [9.17, 15) is 38.7 Å². The molecule has 1 aliphatic rings. The van der Waals surface area contributed by atoms with Crippen molar-refractivity contribution in [3.05, 3.63) is 52.1 Å². The molecule has 0 saturated carbocycles. The number of nitrogens with zero attached hydrogens (tertiary/aromatic N) is 5. The van der Waals surface area contributed by atoms with Crippen molar-refractivity contribution in [2.24, 2.45) is 5.73 Å². The number of aliphatic hydroxyl groups excluding tert-OH is 1. The minimum absolute atomic E-state index is 0.0926. The molecular formula is C21H26N7O14P3. The number of nitrogens with two attached hydrogens (primary N) is 1. The lowest BCUT2D eigenvalue weighted by Crippen LogP contribution is -2.26. The number of aliphatic hydroxyl groups is 1. The normalized spacial score (nSPS) is 21.8. The van der Waals surface area contributed by atoms with Crippen LogP contribution in [0.5, 0.6) is 0 Å². The largest absolute Gasteiger partial charge is 0.490 e. The number of phosphoric acid groups is 3. The third kappa shape index (κ3) is 8.97. The Morgan fingerprint density at radius 1 is 1.20 bits per heavy atom. The van der Waals surface area contributed by atoms with Crippen molar-refractivity contribution >= 4 is 46.1 Å². The molecule has 21 nitrogen and oxygen atoms in total. The lowest BCUT2D eigenvalue weighted by Gasteiger charge is -2.19. The predicted octanol–water partition coefficient (Wildman–Crippen LogP) is 1.21. The van der Waals surface area contributed by atoms with Gasteiger partial charge in [0.1, 0.15) is 18.7 Å². The minimum Gasteiger partial charge on any atom is -0.390 e. The summed E-state index contributed by atoms with van der Waals surface area (Å²) in [7, 11) is -16.7. The Balaban J connectivity index is 1.47. The molecule has 4 rings (SSSR count). The molecule has 1 fully saturated rings. The van der Waals surface area contributed by atoms with Gasteiger partial charge in [0, 0.05) is 18.1 Å². The van der Waals surface area contributed by atoms with E-state index in [4.69, 9.17) is 20.3 Å². The first-order chi connectivity index (χ1) is 21.0. The Labute approximate surface area is 253 Å². The molecule has 8 N–H and O–H groups in total. The van der Waals surface area contributed by atoms with Crippen molar-refractivity contribution in [3.63, 3.8) is 0 Å². The van der Waals surface area contributed by atoms with E-state index in [2.05, 4.69) is 45.3 Å². The Kier molecular flexibility index (Phi) is 10.5. The molecular weight excluding hydrogens is 667 g/mol. The topological polar surface area (TPSA) is 314 Å². The maximum absolute atomic E-state index is 12.0. The van der Waals surface area contributed by atoms with Gasteiger partial charge in [0.15, 0.2) is 17.0 Å². The van der Waals surface area contributed by atoms with Crippen LogP contribution >= 0.6 is 23.5 Å². The minimum atomic E-state index is -5.72. The number of hydrogen-bond donors (Lipinski definition) is 7. The first kappa shape index (κ1) is 34.7. The molecule has 0 spiro atoms. The van der Waals surface area contributed by atoms with Crippen molar-refractivity contribution in [1.82, 2.24) is 19.5 Å². The number of nitro groups is 1. The van der Waals surface area contributed by atoms with Crippen LogP contribution in [0.3, 0.4) is 0 Å². The zero-order valence-corrected chi connectivity index (χ0v) is 25.6. The maximum atomic E-state index is 12.0. The van der Waals surface area contributed by atoms with Crippen LogP contribution in [0.4, 0.5) is 11.5 Å². The molecule has 24 heteroatoms. The van der Waals surface area contributed by atoms with Gasteiger partial charge in [0.05, 0.1) is 42.1 Å². The second kappa shape index (κ2) is 13.7. The number of nitrogens with one attached hydrogen (secondary N) is 1. The van der Waals surface area contributed by atoms with E-state index in [1.165, 1.54) is 23.3 Å². The monoisotopic (exact) mass is 693 g/mol. The van der Waals surface area contributed by atoms with Crippen molar-refractivity contribution in [2.75, 3.05) is 18.5 Å². The summed E-state index contributed by atoms with van der Waals surface area (Å²) in [6, 6.07) is 3.89. The van der Waals surface area contributed by atoms with Gasteiger partial charge in [0.25, 0.3) is 5.69 Å². The summed E-state index contributed by atoms with van der Waals surface area (Å²) >= 11 is 0. The second-order valence-corrected chi connectivity index (χ2v) is 13.7. The second-order valence-electron chi connectivity index (χ2n) is 9.27. The Morgan fingerprint density at radius 2 is 1.93 bits per heavy atom. The molecule has 1 saturated heterocycles. The third-order valence-corrected chi connectivity index (χ3v) is 9.88. The molecule has 1 aliphatic heterocycles. The highest BCUT2D eigenvalue weighted by molar-refractivity contribution is 7.66. The molecule has 3 heterocycles. The van der Waals surface area contributed by atoms with E-state index >= 15 is 0 Å². The van der Waals surface area contributed by atoms with Crippen molar-refractivity contribution in [1.29, 1.82) is 0 Å². The van der Waals surface area contributed by atoms with E-state index in [0.29, 0.717) is 11.1 Å². The summed E-state index contributed by atoms with van der Waals surface area (Å²) < 4.78 is 53.3. The Morgan fingerprint density at radius 3 is 2.60 bits per heavy atom. The molecule has 3 unspecified atom stereocenters. The van der Waals surface area contributed by atoms with E-state index < -0.39 is 59.5 Å². The number of rotatable bonds is 12. The molecule has 0 amide bonds. The summed E-state index contributed by atoms with van der Waals surface area (Å²) in [5, 5.41) is 25.3. The van der Waals surface area contributed by atoms with Crippen molar-refractivity contribution in [2.45, 2.75) is 37.8 Å². The van der Waals surface area contributed by atoms with Gasteiger partial charge in [-0.25, -0.2) is 28.6 Å². The molecule has 6 atom stereocenters. The van der Waals surface area contributed by atoms with Crippen LogP contribution in [0.2, 0.25) is 0 Å². The van der Waals surface area contributed by atoms with E-state index in [1.807, 2.05) is 0 Å². The number of phosphoric ester groups is 1. The fourth-order valence-electron chi connectivity index (χ4n) is 4.26. The molecule has 0 bridgehead atoms. The van der Waals surface area contributed by atoms with Crippen molar-refractivity contribution in [3.8, 4) is 11.8 Å². The van der Waals surface area contributed by atoms with Crippen LogP contribution in [0, 0.1) is 22.0 Å². The zero-order chi connectivity index (χ0) is 33.2. The predicted molar refractivity (Wildman–Crippen MR) is 151 cm³/mol. The first-order valence-electron chi connectivity index (χ1n) is 12.5. The smallest absolute Gasteiger partial charge is 0.390 e. The van der Waals surface area contributed by atoms with Gasteiger partial charge >= 0.3 is 23.5 Å². The van der Waals surface area contributed by atoms with Crippen LogP contribution in [-0.4, -0.2) is 74.5 Å². The Bertz CT molecular complexity index is 1790.